The summed E-state index contributed by atoms with van der Waals surface area (Å²) in [5, 5.41) is 2.84. The van der Waals surface area contributed by atoms with Crippen LogP contribution < -0.4 is 11.1 Å². The van der Waals surface area contributed by atoms with Crippen molar-refractivity contribution in [2.24, 2.45) is 5.73 Å². The van der Waals surface area contributed by atoms with Gasteiger partial charge in [-0.15, -0.1) is 0 Å². The van der Waals surface area contributed by atoms with Crippen molar-refractivity contribution in [2.75, 3.05) is 18.5 Å². The van der Waals surface area contributed by atoms with Gasteiger partial charge in [0.1, 0.15) is 5.54 Å². The fourth-order valence-corrected chi connectivity index (χ4v) is 2.44. The van der Waals surface area contributed by atoms with Crippen LogP contribution in [0.15, 0.2) is 22.7 Å². The lowest BCUT2D eigenvalue weighted by atomic mass is 9.99. The van der Waals surface area contributed by atoms with E-state index < -0.39 is 5.54 Å². The molecule has 3 N–H and O–H groups in total. The van der Waals surface area contributed by atoms with Crippen molar-refractivity contribution in [2.45, 2.75) is 12.0 Å². The lowest BCUT2D eigenvalue weighted by Crippen LogP contribution is -2.51. The minimum atomic E-state index is -0.902. The third-order valence-corrected chi connectivity index (χ3v) is 4.04. The monoisotopic (exact) mass is 410 g/mol. The molecule has 1 amide bonds. The highest BCUT2D eigenvalue weighted by molar-refractivity contribution is 14.1. The molecule has 1 aromatic rings. The maximum absolute atomic E-state index is 12.1. The second kappa shape index (κ2) is 5.21. The van der Waals surface area contributed by atoms with E-state index in [2.05, 4.69) is 43.8 Å². The van der Waals surface area contributed by atoms with Crippen LogP contribution in [0.25, 0.3) is 0 Å². The van der Waals surface area contributed by atoms with Gasteiger partial charge < -0.3 is 15.8 Å². The zero-order valence-corrected chi connectivity index (χ0v) is 12.7. The number of benzene rings is 1. The van der Waals surface area contributed by atoms with Crippen molar-refractivity contribution < 1.29 is 9.53 Å². The topological polar surface area (TPSA) is 64.4 Å². The fraction of sp³-hybridized carbons (Fsp3) is 0.364. The summed E-state index contributed by atoms with van der Waals surface area (Å²) in [6, 6.07) is 5.74. The average molecular weight is 411 g/mol. The Bertz CT molecular complexity index is 447. The first kappa shape index (κ1) is 13.3. The van der Waals surface area contributed by atoms with E-state index in [-0.39, 0.29) is 12.5 Å². The number of anilines is 1. The maximum Gasteiger partial charge on any atom is 0.246 e. The quantitative estimate of drug-likeness (QED) is 0.734. The van der Waals surface area contributed by atoms with Gasteiger partial charge in [-0.3, -0.25) is 4.79 Å². The Morgan fingerprint density at radius 3 is 3.00 bits per heavy atom. The van der Waals surface area contributed by atoms with E-state index in [0.717, 1.165) is 13.7 Å². The molecular weight excluding hydrogens is 399 g/mol. The third-order valence-electron chi connectivity index (χ3n) is 2.68. The minimum Gasteiger partial charge on any atom is -0.379 e. The molecule has 1 atom stereocenters. The molecule has 4 nitrogen and oxygen atoms in total. The molecule has 1 aromatic carbocycles. The largest absolute Gasteiger partial charge is 0.379 e. The summed E-state index contributed by atoms with van der Waals surface area (Å²) in [4.78, 5) is 12.1. The SMILES string of the molecule is NC1(C(=O)Nc2cc(I)ccc2Br)CCOC1. The van der Waals surface area contributed by atoms with E-state index in [0.29, 0.717) is 13.0 Å². The van der Waals surface area contributed by atoms with Crippen LogP contribution in [-0.2, 0) is 9.53 Å². The van der Waals surface area contributed by atoms with Crippen molar-refractivity contribution in [3.8, 4) is 0 Å². The number of amides is 1. The van der Waals surface area contributed by atoms with Crippen LogP contribution in [0.2, 0.25) is 0 Å². The van der Waals surface area contributed by atoms with Gasteiger partial charge >= 0.3 is 0 Å². The molecule has 0 bridgehead atoms. The average Bonchev–Trinajstić information content (AvgIpc) is 2.72. The van der Waals surface area contributed by atoms with Crippen molar-refractivity contribution >= 4 is 50.1 Å². The molecule has 1 aliphatic heterocycles. The summed E-state index contributed by atoms with van der Waals surface area (Å²) in [7, 11) is 0. The van der Waals surface area contributed by atoms with E-state index >= 15 is 0 Å². The number of carbonyl (C=O) groups excluding carboxylic acids is 1. The number of nitrogens with one attached hydrogen (secondary N) is 1. The van der Waals surface area contributed by atoms with Crippen LogP contribution >= 0.6 is 38.5 Å². The van der Waals surface area contributed by atoms with E-state index in [1.807, 2.05) is 18.2 Å². The number of hydrogen-bond donors (Lipinski definition) is 2. The highest BCUT2D eigenvalue weighted by Crippen LogP contribution is 2.26. The third kappa shape index (κ3) is 2.98. The highest BCUT2D eigenvalue weighted by atomic mass is 127. The van der Waals surface area contributed by atoms with Gasteiger partial charge in [-0.1, -0.05) is 0 Å². The van der Waals surface area contributed by atoms with Crippen LogP contribution in [0.3, 0.4) is 0 Å². The molecule has 0 spiro atoms. The summed E-state index contributed by atoms with van der Waals surface area (Å²) in [6.07, 6.45) is 0.556. The second-order valence-corrected chi connectivity index (χ2v) is 6.14. The van der Waals surface area contributed by atoms with Crippen molar-refractivity contribution in [1.29, 1.82) is 0 Å². The van der Waals surface area contributed by atoms with Gasteiger partial charge in [-0.2, -0.15) is 0 Å². The van der Waals surface area contributed by atoms with E-state index in [1.165, 1.54) is 0 Å². The Kier molecular flexibility index (Phi) is 4.06. The van der Waals surface area contributed by atoms with Gasteiger partial charge in [-0.05, 0) is 63.1 Å². The number of halogens is 2. The number of rotatable bonds is 2. The molecule has 1 unspecified atom stereocenters. The predicted octanol–water partition coefficient (Wildman–Crippen LogP) is 2.11. The summed E-state index contributed by atoms with van der Waals surface area (Å²) >= 11 is 5.59. The molecule has 2 rings (SSSR count). The van der Waals surface area contributed by atoms with Crippen molar-refractivity contribution in [3.05, 3.63) is 26.2 Å². The van der Waals surface area contributed by atoms with Crippen LogP contribution in [0.4, 0.5) is 5.69 Å². The molecule has 0 radical (unpaired) electrons. The molecule has 0 aliphatic carbocycles. The van der Waals surface area contributed by atoms with E-state index in [4.69, 9.17) is 10.5 Å². The van der Waals surface area contributed by atoms with Crippen LogP contribution in [0.1, 0.15) is 6.42 Å². The molecule has 0 aromatic heterocycles. The smallest absolute Gasteiger partial charge is 0.246 e. The summed E-state index contributed by atoms with van der Waals surface area (Å²) in [6.45, 7) is 0.817. The van der Waals surface area contributed by atoms with Gasteiger partial charge in [0.25, 0.3) is 0 Å². The van der Waals surface area contributed by atoms with E-state index in [1.54, 1.807) is 0 Å². The van der Waals surface area contributed by atoms with Gasteiger partial charge in [-0.25, -0.2) is 0 Å². The molecule has 17 heavy (non-hydrogen) atoms. The van der Waals surface area contributed by atoms with Gasteiger partial charge in [0, 0.05) is 14.6 Å². The Labute approximate surface area is 122 Å². The number of carbonyl (C=O) groups is 1. The normalized spacial score (nSPS) is 23.7. The van der Waals surface area contributed by atoms with Gasteiger partial charge in [0.2, 0.25) is 5.91 Å². The Morgan fingerprint density at radius 2 is 2.35 bits per heavy atom. The maximum atomic E-state index is 12.1. The molecule has 92 valence electrons. The fourth-order valence-electron chi connectivity index (χ4n) is 1.60. The Balaban J connectivity index is 2.15. The van der Waals surface area contributed by atoms with Crippen LogP contribution in [-0.4, -0.2) is 24.7 Å². The lowest BCUT2D eigenvalue weighted by molar-refractivity contribution is -0.121. The zero-order chi connectivity index (χ0) is 12.5. The lowest BCUT2D eigenvalue weighted by Gasteiger charge is -2.21. The Morgan fingerprint density at radius 1 is 1.59 bits per heavy atom. The Hall–Kier alpha value is -0.180. The molecule has 1 fully saturated rings. The van der Waals surface area contributed by atoms with Gasteiger partial charge in [0.15, 0.2) is 0 Å². The molecule has 1 saturated heterocycles. The summed E-state index contributed by atoms with van der Waals surface area (Å²) < 4.78 is 7.07. The van der Waals surface area contributed by atoms with Crippen molar-refractivity contribution in [1.82, 2.24) is 0 Å². The number of hydrogen-bond acceptors (Lipinski definition) is 3. The molecular formula is C11H12BrIN2O2. The number of nitrogens with two attached hydrogens (primary N) is 1. The van der Waals surface area contributed by atoms with Crippen LogP contribution in [0, 0.1) is 3.57 Å². The minimum absolute atomic E-state index is 0.197. The molecule has 0 saturated carbocycles. The summed E-state index contributed by atoms with van der Waals surface area (Å²) in [5.41, 5.74) is 5.82. The molecule has 1 heterocycles. The van der Waals surface area contributed by atoms with Crippen LogP contribution in [0.5, 0.6) is 0 Å². The second-order valence-electron chi connectivity index (χ2n) is 4.04. The molecule has 1 aliphatic rings. The zero-order valence-electron chi connectivity index (χ0n) is 9.00. The highest BCUT2D eigenvalue weighted by Gasteiger charge is 2.38. The first-order chi connectivity index (χ1) is 8.01. The van der Waals surface area contributed by atoms with E-state index in [9.17, 15) is 4.79 Å². The first-order valence-electron chi connectivity index (χ1n) is 5.14. The van der Waals surface area contributed by atoms with Crippen molar-refractivity contribution in [3.63, 3.8) is 0 Å². The standard InChI is InChI=1S/C11H12BrIN2O2/c12-8-2-1-7(13)5-9(8)15-10(16)11(14)3-4-17-6-11/h1-2,5H,3-4,6,14H2,(H,15,16). The first-order valence-corrected chi connectivity index (χ1v) is 7.02. The summed E-state index contributed by atoms with van der Waals surface area (Å²) in [5.74, 6) is -0.197. The molecule has 6 heteroatoms. The number of ether oxygens (including phenoxy) is 1. The predicted molar refractivity (Wildman–Crippen MR) is 77.8 cm³/mol. The van der Waals surface area contributed by atoms with Gasteiger partial charge in [0.05, 0.1) is 12.3 Å².